The van der Waals surface area contributed by atoms with Gasteiger partial charge in [-0.05, 0) is 73.5 Å². The minimum atomic E-state index is 0.997. The van der Waals surface area contributed by atoms with Crippen molar-refractivity contribution in [1.82, 2.24) is 0 Å². The summed E-state index contributed by atoms with van der Waals surface area (Å²) in [6.45, 7) is 0. The number of anilines is 2. The van der Waals surface area contributed by atoms with Gasteiger partial charge in [-0.3, -0.25) is 0 Å². The minimum Gasteiger partial charge on any atom is -0.233 e. The normalized spacial score (nSPS) is 11.3. The van der Waals surface area contributed by atoms with Crippen LogP contribution in [0.15, 0.2) is 187 Å². The van der Waals surface area contributed by atoms with Gasteiger partial charge in [0, 0.05) is 10.9 Å². The first-order chi connectivity index (χ1) is 23.3. The van der Waals surface area contributed by atoms with Crippen LogP contribution < -0.4 is 5.01 Å². The molecule has 0 unspecified atom stereocenters. The van der Waals surface area contributed by atoms with Gasteiger partial charge in [0.2, 0.25) is 0 Å². The molecule has 0 atom stereocenters. The molecule has 8 rings (SSSR count). The molecule has 0 bridgehead atoms. The second kappa shape index (κ2) is 12.6. The SMILES string of the molecule is C(=NN(c1ccccc1)c1cccc2ccccc12)c1c(C=C(c2ccccc2)c2ccccc2)c2ccccc2c2ccccc12. The number of hydrogen-bond acceptors (Lipinski definition) is 2. The lowest BCUT2D eigenvalue weighted by atomic mass is 9.88. The van der Waals surface area contributed by atoms with Crippen molar-refractivity contribution >= 4 is 61.6 Å². The minimum absolute atomic E-state index is 0.997. The predicted molar refractivity (Wildman–Crippen MR) is 201 cm³/mol. The van der Waals surface area contributed by atoms with E-state index in [0.29, 0.717) is 0 Å². The Kier molecular flexibility index (Phi) is 7.59. The van der Waals surface area contributed by atoms with Crippen molar-refractivity contribution in [2.45, 2.75) is 0 Å². The van der Waals surface area contributed by atoms with E-state index < -0.39 is 0 Å². The number of para-hydroxylation sites is 1. The number of nitrogens with zero attached hydrogens (tertiary/aromatic N) is 2. The van der Waals surface area contributed by atoms with Crippen LogP contribution in [0, 0.1) is 0 Å². The molecule has 0 fully saturated rings. The van der Waals surface area contributed by atoms with Crippen LogP contribution >= 0.6 is 0 Å². The molecule has 0 saturated carbocycles. The number of rotatable bonds is 7. The van der Waals surface area contributed by atoms with Gasteiger partial charge in [0.25, 0.3) is 0 Å². The molecule has 0 amide bonds. The zero-order chi connectivity index (χ0) is 31.4. The summed E-state index contributed by atoms with van der Waals surface area (Å²) in [5.74, 6) is 0. The first-order valence-corrected chi connectivity index (χ1v) is 16.0. The summed E-state index contributed by atoms with van der Waals surface area (Å²) >= 11 is 0. The molecule has 0 spiro atoms. The van der Waals surface area contributed by atoms with E-state index in [4.69, 9.17) is 5.10 Å². The van der Waals surface area contributed by atoms with E-state index >= 15 is 0 Å². The summed E-state index contributed by atoms with van der Waals surface area (Å²) in [5, 5.41) is 14.5. The molecule has 2 heteroatoms. The Morgan fingerprint density at radius 1 is 0.404 bits per heavy atom. The van der Waals surface area contributed by atoms with Crippen LogP contribution in [-0.2, 0) is 0 Å². The van der Waals surface area contributed by atoms with Crippen LogP contribution in [0.4, 0.5) is 11.4 Å². The fraction of sp³-hybridized carbons (Fsp3) is 0. The van der Waals surface area contributed by atoms with Crippen molar-refractivity contribution in [3.8, 4) is 0 Å². The summed E-state index contributed by atoms with van der Waals surface area (Å²) in [4.78, 5) is 0. The molecule has 0 radical (unpaired) electrons. The highest BCUT2D eigenvalue weighted by molar-refractivity contribution is 6.19. The zero-order valence-corrected chi connectivity index (χ0v) is 25.9. The highest BCUT2D eigenvalue weighted by atomic mass is 15.5. The molecule has 0 aliphatic rings. The third-order valence-electron chi connectivity index (χ3n) is 8.77. The number of hydrazone groups is 1. The molecule has 0 N–H and O–H groups in total. The third-order valence-corrected chi connectivity index (χ3v) is 8.77. The summed E-state index contributed by atoms with van der Waals surface area (Å²) in [5.41, 5.74) is 7.73. The maximum Gasteiger partial charge on any atom is 0.0730 e. The van der Waals surface area contributed by atoms with Crippen LogP contribution in [0.25, 0.3) is 44.0 Å². The van der Waals surface area contributed by atoms with Gasteiger partial charge in [-0.1, -0.05) is 164 Å². The highest BCUT2D eigenvalue weighted by Gasteiger charge is 2.16. The van der Waals surface area contributed by atoms with Gasteiger partial charge in [0.05, 0.1) is 17.6 Å². The van der Waals surface area contributed by atoms with E-state index in [0.717, 1.165) is 38.8 Å². The number of fused-ring (bicyclic) bond motifs is 4. The van der Waals surface area contributed by atoms with E-state index in [1.54, 1.807) is 0 Å². The van der Waals surface area contributed by atoms with Crippen molar-refractivity contribution in [2.75, 3.05) is 5.01 Å². The Morgan fingerprint density at radius 2 is 0.872 bits per heavy atom. The predicted octanol–water partition coefficient (Wildman–Crippen LogP) is 11.9. The maximum absolute atomic E-state index is 5.33. The lowest BCUT2D eigenvalue weighted by molar-refractivity contribution is 1.10. The molecular weight excluding hydrogens is 569 g/mol. The molecule has 8 aromatic carbocycles. The standard InChI is InChI=1S/C45H32N2/c1-4-17-34(18-5-1)42(35-19-6-2-7-20-35)31-43-40-28-14-12-26-38(40)39-27-13-15-29-41(39)44(43)32-46-47(36-23-8-3-9-24-36)45-30-16-22-33-21-10-11-25-37(33)45/h1-32H. The van der Waals surface area contributed by atoms with E-state index in [1.807, 2.05) is 6.07 Å². The Balaban J connectivity index is 1.42. The molecular formula is C45H32N2. The van der Waals surface area contributed by atoms with Crippen LogP contribution in [0.5, 0.6) is 0 Å². The monoisotopic (exact) mass is 600 g/mol. The van der Waals surface area contributed by atoms with Gasteiger partial charge < -0.3 is 0 Å². The molecule has 8 aromatic rings. The van der Waals surface area contributed by atoms with Crippen molar-refractivity contribution < 1.29 is 0 Å². The molecule has 2 nitrogen and oxygen atoms in total. The van der Waals surface area contributed by atoms with Gasteiger partial charge in [-0.25, -0.2) is 5.01 Å². The summed E-state index contributed by atoms with van der Waals surface area (Å²) in [7, 11) is 0. The molecule has 0 aliphatic heterocycles. The molecule has 0 heterocycles. The van der Waals surface area contributed by atoms with Crippen molar-refractivity contribution in [3.05, 3.63) is 204 Å². The highest BCUT2D eigenvalue weighted by Crippen LogP contribution is 2.37. The summed E-state index contributed by atoms with van der Waals surface area (Å²) in [6, 6.07) is 64.0. The lowest BCUT2D eigenvalue weighted by Gasteiger charge is -2.22. The molecule has 0 saturated heterocycles. The zero-order valence-electron chi connectivity index (χ0n) is 25.9. The van der Waals surface area contributed by atoms with Crippen molar-refractivity contribution in [3.63, 3.8) is 0 Å². The molecule has 47 heavy (non-hydrogen) atoms. The van der Waals surface area contributed by atoms with Gasteiger partial charge in [0.15, 0.2) is 0 Å². The topological polar surface area (TPSA) is 15.6 Å². The lowest BCUT2D eigenvalue weighted by Crippen LogP contribution is -2.10. The Morgan fingerprint density at radius 3 is 1.49 bits per heavy atom. The molecule has 222 valence electrons. The second-order valence-electron chi connectivity index (χ2n) is 11.6. The first kappa shape index (κ1) is 28.2. The molecule has 0 aromatic heterocycles. The number of hydrogen-bond donors (Lipinski definition) is 0. The van der Waals surface area contributed by atoms with Crippen LogP contribution in [0.3, 0.4) is 0 Å². The number of benzene rings is 8. The van der Waals surface area contributed by atoms with E-state index in [-0.39, 0.29) is 0 Å². The maximum atomic E-state index is 5.33. The van der Waals surface area contributed by atoms with Crippen LogP contribution in [0.1, 0.15) is 22.3 Å². The van der Waals surface area contributed by atoms with E-state index in [9.17, 15) is 0 Å². The van der Waals surface area contributed by atoms with Crippen LogP contribution in [-0.4, -0.2) is 6.21 Å². The average Bonchev–Trinajstić information content (AvgIpc) is 3.15. The fourth-order valence-corrected chi connectivity index (χ4v) is 6.55. The van der Waals surface area contributed by atoms with E-state index in [1.165, 1.54) is 32.7 Å². The van der Waals surface area contributed by atoms with Gasteiger partial charge in [0.1, 0.15) is 0 Å². The Bertz CT molecular complexity index is 2340. The Labute approximate surface area is 275 Å². The Hall–Kier alpha value is -6.25. The third kappa shape index (κ3) is 5.47. The largest absolute Gasteiger partial charge is 0.233 e. The average molecular weight is 601 g/mol. The van der Waals surface area contributed by atoms with E-state index in [2.05, 4.69) is 193 Å². The van der Waals surface area contributed by atoms with Crippen LogP contribution in [0.2, 0.25) is 0 Å². The fourth-order valence-electron chi connectivity index (χ4n) is 6.55. The summed E-state index contributed by atoms with van der Waals surface area (Å²) in [6.07, 6.45) is 4.41. The second-order valence-corrected chi connectivity index (χ2v) is 11.6. The van der Waals surface area contributed by atoms with Crippen molar-refractivity contribution in [1.29, 1.82) is 0 Å². The summed E-state index contributed by atoms with van der Waals surface area (Å²) < 4.78 is 0. The first-order valence-electron chi connectivity index (χ1n) is 16.0. The quantitative estimate of drug-likeness (QED) is 0.0769. The van der Waals surface area contributed by atoms with Crippen molar-refractivity contribution in [2.24, 2.45) is 5.10 Å². The van der Waals surface area contributed by atoms with Gasteiger partial charge in [-0.2, -0.15) is 5.10 Å². The van der Waals surface area contributed by atoms with Gasteiger partial charge in [-0.15, -0.1) is 0 Å². The smallest absolute Gasteiger partial charge is 0.0730 e. The molecule has 0 aliphatic carbocycles. The van der Waals surface area contributed by atoms with Gasteiger partial charge >= 0.3 is 0 Å².